The molecule has 0 aliphatic heterocycles. The lowest BCUT2D eigenvalue weighted by molar-refractivity contribution is -0.150. The van der Waals surface area contributed by atoms with E-state index in [1.54, 1.807) is 0 Å². The summed E-state index contributed by atoms with van der Waals surface area (Å²) < 4.78 is 5.96. The van der Waals surface area contributed by atoms with Crippen LogP contribution in [0.25, 0.3) is 0 Å². The smallest absolute Gasteiger partial charge is 0.322 e. The summed E-state index contributed by atoms with van der Waals surface area (Å²) in [6, 6.07) is 0. The van der Waals surface area contributed by atoms with Crippen LogP contribution >= 0.6 is 0 Å². The summed E-state index contributed by atoms with van der Waals surface area (Å²) in [4.78, 5) is 34.7. The average Bonchev–Trinajstić information content (AvgIpc) is 2.97. The fourth-order valence-electron chi connectivity index (χ4n) is 5.57. The number of carboxylic acids is 1. The molecule has 1 unspecified atom stereocenters. The molecule has 0 radical (unpaired) electrons. The van der Waals surface area contributed by atoms with Crippen molar-refractivity contribution >= 4 is 17.8 Å². The lowest BCUT2D eigenvalue weighted by Gasteiger charge is -2.18. The summed E-state index contributed by atoms with van der Waals surface area (Å²) in [6.45, 7) is 4.20. The molecule has 6 heteroatoms. The van der Waals surface area contributed by atoms with Gasteiger partial charge in [-0.1, -0.05) is 149 Å². The van der Waals surface area contributed by atoms with Gasteiger partial charge in [0, 0.05) is 12.8 Å². The molecule has 6 nitrogen and oxygen atoms in total. The van der Waals surface area contributed by atoms with Gasteiger partial charge in [-0.2, -0.15) is 0 Å². The molecule has 0 bridgehead atoms. The topological polar surface area (TPSA) is 92.7 Å². The molecular weight excluding hydrogens is 526 g/mol. The van der Waals surface area contributed by atoms with Gasteiger partial charge in [0.1, 0.15) is 12.6 Å². The van der Waals surface area contributed by atoms with Crippen molar-refractivity contribution in [3.63, 3.8) is 0 Å². The fourth-order valence-corrected chi connectivity index (χ4v) is 5.57. The number of carboxylic acid groups (broad SMARTS) is 1. The molecule has 0 aromatic heterocycles. The highest BCUT2D eigenvalue weighted by molar-refractivity contribution is 5.80. The van der Waals surface area contributed by atoms with Crippen LogP contribution in [0.2, 0.25) is 0 Å². The molecule has 42 heavy (non-hydrogen) atoms. The third kappa shape index (κ3) is 31.3. The Kier molecular flexibility index (Phi) is 31.1. The summed E-state index contributed by atoms with van der Waals surface area (Å²) in [6.07, 6.45) is 33.7. The average molecular weight is 596 g/mol. The van der Waals surface area contributed by atoms with E-state index in [1.807, 2.05) is 0 Å². The summed E-state index contributed by atoms with van der Waals surface area (Å²) in [5.41, 5.74) is 0. The van der Waals surface area contributed by atoms with Crippen LogP contribution in [0, 0.1) is 0 Å². The minimum Gasteiger partial charge on any atom is -0.480 e. The van der Waals surface area contributed by atoms with E-state index in [-0.39, 0.29) is 24.5 Å². The minimum absolute atomic E-state index is 0.0164. The van der Waals surface area contributed by atoms with Gasteiger partial charge < -0.3 is 15.2 Å². The number of nitrogens with one attached hydrogen (secondary N) is 1. The van der Waals surface area contributed by atoms with E-state index in [1.165, 1.54) is 109 Å². The van der Waals surface area contributed by atoms with E-state index in [0.717, 1.165) is 64.2 Å². The molecule has 0 fully saturated rings. The molecule has 248 valence electrons. The van der Waals surface area contributed by atoms with Crippen molar-refractivity contribution in [2.75, 3.05) is 6.54 Å². The predicted octanol–water partition coefficient (Wildman–Crippen LogP) is 10.5. The summed E-state index contributed by atoms with van der Waals surface area (Å²) >= 11 is 0. The number of ether oxygens (including phenoxy) is 1. The number of carbonyl (C=O) groups is 3. The molecule has 0 aliphatic rings. The zero-order valence-corrected chi connectivity index (χ0v) is 27.9. The van der Waals surface area contributed by atoms with Crippen molar-refractivity contribution in [3.8, 4) is 0 Å². The highest BCUT2D eigenvalue weighted by Crippen LogP contribution is 2.19. The van der Waals surface area contributed by atoms with Crippen molar-refractivity contribution in [2.45, 2.75) is 206 Å². The molecule has 0 rings (SSSR count). The summed E-state index contributed by atoms with van der Waals surface area (Å²) in [5.74, 6) is -1.22. The quantitative estimate of drug-likeness (QED) is 0.0581. The minimum atomic E-state index is -1.01. The molecule has 1 atom stereocenters. The van der Waals surface area contributed by atoms with E-state index >= 15 is 0 Å². The lowest BCUT2D eigenvalue weighted by atomic mass is 10.0. The molecule has 0 saturated heterocycles. The van der Waals surface area contributed by atoms with Gasteiger partial charge in [-0.15, -0.1) is 0 Å². The van der Waals surface area contributed by atoms with Crippen LogP contribution in [0.4, 0.5) is 0 Å². The molecule has 2 N–H and O–H groups in total. The Morgan fingerprint density at radius 3 is 1.29 bits per heavy atom. The Labute approximate surface area is 259 Å². The predicted molar refractivity (Wildman–Crippen MR) is 176 cm³/mol. The van der Waals surface area contributed by atoms with Crippen LogP contribution in [0.1, 0.15) is 200 Å². The maximum atomic E-state index is 12.6. The maximum Gasteiger partial charge on any atom is 0.322 e. The monoisotopic (exact) mass is 596 g/mol. The Hall–Kier alpha value is -1.59. The van der Waals surface area contributed by atoms with E-state index in [9.17, 15) is 14.4 Å². The number of unbranched alkanes of at least 4 members (excludes halogenated alkanes) is 22. The SMILES string of the molecule is CCCCCCCCCCCCCCCCC(=O)OC(CCCCCCCC)CCCCCCCC(=O)NCC(=O)O. The fraction of sp³-hybridized carbons (Fsp3) is 0.917. The van der Waals surface area contributed by atoms with Crippen molar-refractivity contribution < 1.29 is 24.2 Å². The Morgan fingerprint density at radius 2 is 0.881 bits per heavy atom. The van der Waals surface area contributed by atoms with Crippen LogP contribution in [0.3, 0.4) is 0 Å². The third-order valence-electron chi connectivity index (χ3n) is 8.28. The molecular formula is C36H69NO5. The van der Waals surface area contributed by atoms with Crippen molar-refractivity contribution in [1.29, 1.82) is 0 Å². The van der Waals surface area contributed by atoms with Crippen LogP contribution in [-0.2, 0) is 19.1 Å². The molecule has 0 heterocycles. The van der Waals surface area contributed by atoms with Gasteiger partial charge in [0.05, 0.1) is 0 Å². The van der Waals surface area contributed by atoms with Gasteiger partial charge in [0.25, 0.3) is 0 Å². The van der Waals surface area contributed by atoms with Crippen molar-refractivity contribution in [1.82, 2.24) is 5.32 Å². The maximum absolute atomic E-state index is 12.6. The van der Waals surface area contributed by atoms with Gasteiger partial charge in [0.15, 0.2) is 0 Å². The Bertz CT molecular complexity index is 624. The highest BCUT2D eigenvalue weighted by atomic mass is 16.5. The van der Waals surface area contributed by atoms with E-state index < -0.39 is 5.97 Å². The molecule has 0 saturated carbocycles. The van der Waals surface area contributed by atoms with Crippen LogP contribution in [0.15, 0.2) is 0 Å². The van der Waals surface area contributed by atoms with Gasteiger partial charge >= 0.3 is 11.9 Å². The van der Waals surface area contributed by atoms with E-state index in [2.05, 4.69) is 19.2 Å². The van der Waals surface area contributed by atoms with Crippen LogP contribution in [0.5, 0.6) is 0 Å². The number of esters is 1. The molecule has 1 amide bonds. The van der Waals surface area contributed by atoms with Gasteiger partial charge in [-0.25, -0.2) is 0 Å². The second-order valence-electron chi connectivity index (χ2n) is 12.5. The lowest BCUT2D eigenvalue weighted by Crippen LogP contribution is -2.28. The number of rotatable bonds is 33. The van der Waals surface area contributed by atoms with E-state index in [0.29, 0.717) is 12.8 Å². The summed E-state index contributed by atoms with van der Waals surface area (Å²) in [7, 11) is 0. The first kappa shape index (κ1) is 40.4. The van der Waals surface area contributed by atoms with Gasteiger partial charge in [-0.3, -0.25) is 14.4 Å². The van der Waals surface area contributed by atoms with Crippen LogP contribution < -0.4 is 5.32 Å². The Balaban J connectivity index is 3.98. The second kappa shape index (κ2) is 32.3. The first-order valence-electron chi connectivity index (χ1n) is 18.2. The standard InChI is InChI=1S/C36H69NO5/c1-3-5-7-9-11-12-13-14-15-16-17-18-23-27-31-36(41)42-33(28-24-20-10-8-6-4-2)29-25-21-19-22-26-30-34(38)37-32-35(39)40/h33H,3-32H2,1-2H3,(H,37,38)(H,39,40). The zero-order valence-electron chi connectivity index (χ0n) is 27.9. The number of hydrogen-bond donors (Lipinski definition) is 2. The molecule has 0 aromatic rings. The largest absolute Gasteiger partial charge is 0.480 e. The van der Waals surface area contributed by atoms with Crippen molar-refractivity contribution in [3.05, 3.63) is 0 Å². The molecule has 0 aliphatic carbocycles. The Morgan fingerprint density at radius 1 is 0.524 bits per heavy atom. The van der Waals surface area contributed by atoms with Gasteiger partial charge in [-0.05, 0) is 38.5 Å². The van der Waals surface area contributed by atoms with Crippen LogP contribution in [-0.4, -0.2) is 35.6 Å². The number of hydrogen-bond acceptors (Lipinski definition) is 4. The zero-order chi connectivity index (χ0) is 30.9. The van der Waals surface area contributed by atoms with Gasteiger partial charge in [0.2, 0.25) is 5.91 Å². The molecule has 0 spiro atoms. The normalized spacial score (nSPS) is 11.9. The van der Waals surface area contributed by atoms with E-state index in [4.69, 9.17) is 9.84 Å². The highest BCUT2D eigenvalue weighted by Gasteiger charge is 2.14. The molecule has 0 aromatic carbocycles. The summed E-state index contributed by atoms with van der Waals surface area (Å²) in [5, 5.41) is 11.0. The second-order valence-corrected chi connectivity index (χ2v) is 12.5. The first-order valence-corrected chi connectivity index (χ1v) is 18.2. The third-order valence-corrected chi connectivity index (χ3v) is 8.28. The number of amides is 1. The number of aliphatic carboxylic acids is 1. The number of carbonyl (C=O) groups excluding carboxylic acids is 2. The first-order chi connectivity index (χ1) is 20.5. The van der Waals surface area contributed by atoms with Crippen molar-refractivity contribution in [2.24, 2.45) is 0 Å².